The van der Waals surface area contributed by atoms with Crippen molar-refractivity contribution in [3.63, 3.8) is 0 Å². The molecule has 0 spiro atoms. The summed E-state index contributed by atoms with van der Waals surface area (Å²) in [5, 5.41) is 10.7. The van der Waals surface area contributed by atoms with Gasteiger partial charge in [0.1, 0.15) is 11.6 Å². The number of aryl methyl sites for hydroxylation is 3. The Hall–Kier alpha value is -1.64. The molecule has 7 heteroatoms. The largest absolute Gasteiger partial charge is 0.361 e. The van der Waals surface area contributed by atoms with Crippen molar-refractivity contribution in [2.75, 3.05) is 6.54 Å². The van der Waals surface area contributed by atoms with Crippen molar-refractivity contribution < 1.29 is 8.91 Å². The molecule has 2 aromatic rings. The van der Waals surface area contributed by atoms with Crippen molar-refractivity contribution in [3.05, 3.63) is 52.2 Å². The lowest BCUT2D eigenvalue weighted by Crippen LogP contribution is -2.37. The van der Waals surface area contributed by atoms with Crippen LogP contribution in [0, 0.1) is 12.7 Å². The standard InChI is InChI=1S/C19H27FN4O.HI/c1-5-17-15(18(6-2)25-24-17)12-23-19(21-7-3)22-11-14-8-9-16(20)13(4)10-14;/h8-10H,5-7,11-12H2,1-4H3,(H2,21,22,23);1H. The van der Waals surface area contributed by atoms with E-state index in [1.54, 1.807) is 13.0 Å². The van der Waals surface area contributed by atoms with Crippen molar-refractivity contribution >= 4 is 29.9 Å². The van der Waals surface area contributed by atoms with E-state index in [9.17, 15) is 4.39 Å². The first-order valence-corrected chi connectivity index (χ1v) is 8.82. The predicted octanol–water partition coefficient (Wildman–Crippen LogP) is 4.12. The van der Waals surface area contributed by atoms with Gasteiger partial charge in [-0.05, 0) is 37.5 Å². The van der Waals surface area contributed by atoms with Crippen LogP contribution in [-0.2, 0) is 25.9 Å². The van der Waals surface area contributed by atoms with Gasteiger partial charge in [-0.15, -0.1) is 24.0 Å². The van der Waals surface area contributed by atoms with Gasteiger partial charge in [0.15, 0.2) is 5.96 Å². The first kappa shape index (κ1) is 22.4. The molecular formula is C19H28FIN4O. The third-order valence-electron chi connectivity index (χ3n) is 4.03. The van der Waals surface area contributed by atoms with Crippen molar-refractivity contribution in [1.82, 2.24) is 15.8 Å². The fourth-order valence-corrected chi connectivity index (χ4v) is 2.63. The zero-order valence-electron chi connectivity index (χ0n) is 15.9. The molecule has 1 heterocycles. The number of benzene rings is 1. The Morgan fingerprint density at radius 2 is 1.96 bits per heavy atom. The molecule has 0 fully saturated rings. The molecule has 2 N–H and O–H groups in total. The molecule has 5 nitrogen and oxygen atoms in total. The Balaban J connectivity index is 0.00000338. The second-order valence-corrected chi connectivity index (χ2v) is 5.87. The fraction of sp³-hybridized carbons (Fsp3) is 0.474. The van der Waals surface area contributed by atoms with Crippen LogP contribution in [0.3, 0.4) is 0 Å². The third kappa shape index (κ3) is 5.96. The van der Waals surface area contributed by atoms with Crippen LogP contribution in [0.2, 0.25) is 0 Å². The van der Waals surface area contributed by atoms with Crippen molar-refractivity contribution in [2.45, 2.75) is 53.6 Å². The summed E-state index contributed by atoms with van der Waals surface area (Å²) in [6.45, 7) is 9.77. The number of guanidine groups is 1. The second-order valence-electron chi connectivity index (χ2n) is 5.87. The molecule has 0 saturated carbocycles. The molecule has 0 aliphatic carbocycles. The molecule has 0 unspecified atom stereocenters. The van der Waals surface area contributed by atoms with Crippen LogP contribution in [0.5, 0.6) is 0 Å². The minimum absolute atomic E-state index is 0. The van der Waals surface area contributed by atoms with Gasteiger partial charge < -0.3 is 15.2 Å². The lowest BCUT2D eigenvalue weighted by atomic mass is 10.1. The smallest absolute Gasteiger partial charge is 0.191 e. The maximum Gasteiger partial charge on any atom is 0.191 e. The molecule has 0 radical (unpaired) electrons. The molecule has 0 bridgehead atoms. The van der Waals surface area contributed by atoms with Crippen LogP contribution >= 0.6 is 24.0 Å². The van der Waals surface area contributed by atoms with Crippen LogP contribution in [-0.4, -0.2) is 17.7 Å². The summed E-state index contributed by atoms with van der Waals surface area (Å²) < 4.78 is 18.8. The SMILES string of the molecule is CCNC(=NCc1ccc(F)c(C)c1)NCc1c(CC)noc1CC.I. The van der Waals surface area contributed by atoms with Gasteiger partial charge in [-0.1, -0.05) is 31.1 Å². The number of nitrogens with zero attached hydrogens (tertiary/aromatic N) is 2. The molecule has 26 heavy (non-hydrogen) atoms. The van der Waals surface area contributed by atoms with Gasteiger partial charge in [0, 0.05) is 25.1 Å². The van der Waals surface area contributed by atoms with Gasteiger partial charge in [0.25, 0.3) is 0 Å². The first-order chi connectivity index (χ1) is 12.1. The number of hydrogen-bond donors (Lipinski definition) is 2. The van der Waals surface area contributed by atoms with Gasteiger partial charge in [0.05, 0.1) is 12.2 Å². The van der Waals surface area contributed by atoms with Gasteiger partial charge in [-0.2, -0.15) is 0 Å². The zero-order valence-corrected chi connectivity index (χ0v) is 18.2. The number of nitrogens with one attached hydrogen (secondary N) is 2. The highest BCUT2D eigenvalue weighted by Gasteiger charge is 2.13. The molecule has 144 valence electrons. The summed E-state index contributed by atoms with van der Waals surface area (Å²) >= 11 is 0. The fourth-order valence-electron chi connectivity index (χ4n) is 2.63. The third-order valence-corrected chi connectivity index (χ3v) is 4.03. The average molecular weight is 474 g/mol. The van der Waals surface area contributed by atoms with E-state index in [1.165, 1.54) is 6.07 Å². The Morgan fingerprint density at radius 3 is 2.58 bits per heavy atom. The van der Waals surface area contributed by atoms with E-state index in [1.807, 2.05) is 13.0 Å². The van der Waals surface area contributed by atoms with E-state index in [-0.39, 0.29) is 29.8 Å². The highest BCUT2D eigenvalue weighted by molar-refractivity contribution is 14.0. The van der Waals surface area contributed by atoms with E-state index in [2.05, 4.69) is 34.6 Å². The van der Waals surface area contributed by atoms with E-state index in [0.29, 0.717) is 18.7 Å². The summed E-state index contributed by atoms with van der Waals surface area (Å²) in [6.07, 6.45) is 1.65. The molecule has 0 atom stereocenters. The number of aliphatic imine (C=N–C) groups is 1. The molecule has 0 aliphatic rings. The molecule has 0 saturated heterocycles. The number of aromatic nitrogens is 1. The zero-order chi connectivity index (χ0) is 18.2. The topological polar surface area (TPSA) is 62.5 Å². The molecule has 2 rings (SSSR count). The van der Waals surface area contributed by atoms with Crippen molar-refractivity contribution in [1.29, 1.82) is 0 Å². The summed E-state index contributed by atoms with van der Waals surface area (Å²) in [5.41, 5.74) is 3.70. The Morgan fingerprint density at radius 1 is 1.19 bits per heavy atom. The van der Waals surface area contributed by atoms with Gasteiger partial charge >= 0.3 is 0 Å². The molecular weight excluding hydrogens is 446 g/mol. The highest BCUT2D eigenvalue weighted by atomic mass is 127. The Labute approximate surface area is 171 Å². The van der Waals surface area contributed by atoms with Crippen LogP contribution in [0.4, 0.5) is 4.39 Å². The Kier molecular flexibility index (Phi) is 9.61. The molecule has 1 aromatic carbocycles. The van der Waals surface area contributed by atoms with Crippen molar-refractivity contribution in [2.24, 2.45) is 4.99 Å². The van der Waals surface area contributed by atoms with Crippen LogP contribution < -0.4 is 10.6 Å². The first-order valence-electron chi connectivity index (χ1n) is 8.82. The van der Waals surface area contributed by atoms with Gasteiger partial charge in [0.2, 0.25) is 0 Å². The van der Waals surface area contributed by atoms with Crippen LogP contribution in [0.1, 0.15) is 48.9 Å². The number of hydrogen-bond acceptors (Lipinski definition) is 3. The van der Waals surface area contributed by atoms with Crippen LogP contribution in [0.15, 0.2) is 27.7 Å². The summed E-state index contributed by atoms with van der Waals surface area (Å²) in [5.74, 6) is 1.44. The minimum atomic E-state index is -0.190. The Bertz CT molecular complexity index is 709. The van der Waals surface area contributed by atoms with Gasteiger partial charge in [-0.25, -0.2) is 9.38 Å². The number of halogens is 2. The van der Waals surface area contributed by atoms with Crippen molar-refractivity contribution in [3.8, 4) is 0 Å². The molecule has 0 aliphatic heterocycles. The number of rotatable bonds is 7. The second kappa shape index (κ2) is 11.2. The summed E-state index contributed by atoms with van der Waals surface area (Å²) in [4.78, 5) is 4.59. The summed E-state index contributed by atoms with van der Waals surface area (Å²) in [6, 6.07) is 5.07. The minimum Gasteiger partial charge on any atom is -0.361 e. The normalized spacial score (nSPS) is 11.2. The summed E-state index contributed by atoms with van der Waals surface area (Å²) in [7, 11) is 0. The lowest BCUT2D eigenvalue weighted by molar-refractivity contribution is 0.380. The maximum absolute atomic E-state index is 13.4. The maximum atomic E-state index is 13.4. The predicted molar refractivity (Wildman–Crippen MR) is 113 cm³/mol. The average Bonchev–Trinajstić information content (AvgIpc) is 3.02. The molecule has 0 amide bonds. The monoisotopic (exact) mass is 474 g/mol. The lowest BCUT2D eigenvalue weighted by Gasteiger charge is -2.12. The van der Waals surface area contributed by atoms with Gasteiger partial charge in [-0.3, -0.25) is 0 Å². The van der Waals surface area contributed by atoms with E-state index in [4.69, 9.17) is 4.52 Å². The van der Waals surface area contributed by atoms with E-state index >= 15 is 0 Å². The highest BCUT2D eigenvalue weighted by Crippen LogP contribution is 2.15. The van der Waals surface area contributed by atoms with Crippen LogP contribution in [0.25, 0.3) is 0 Å². The quantitative estimate of drug-likeness (QED) is 0.360. The van der Waals surface area contributed by atoms with E-state index in [0.717, 1.165) is 47.9 Å². The molecule has 1 aromatic heterocycles. The van der Waals surface area contributed by atoms with E-state index < -0.39 is 0 Å².